The van der Waals surface area contributed by atoms with Crippen molar-refractivity contribution in [3.8, 4) is 17.0 Å². The molecule has 226 valence electrons. The number of halogens is 3. The quantitative estimate of drug-likeness (QED) is 0.431. The fourth-order valence-electron chi connectivity index (χ4n) is 5.55. The van der Waals surface area contributed by atoms with Gasteiger partial charge in [-0.3, -0.25) is 14.5 Å². The van der Waals surface area contributed by atoms with Crippen molar-refractivity contribution < 1.29 is 32.2 Å². The van der Waals surface area contributed by atoms with Crippen LogP contribution in [0.4, 0.5) is 18.0 Å². The van der Waals surface area contributed by atoms with Crippen molar-refractivity contribution >= 4 is 18.2 Å². The Bertz CT molecular complexity index is 1560. The predicted molar refractivity (Wildman–Crippen MR) is 148 cm³/mol. The molecule has 43 heavy (non-hydrogen) atoms. The molecule has 0 N–H and O–H groups in total. The summed E-state index contributed by atoms with van der Waals surface area (Å²) < 4.78 is 55.1. The third-order valence-corrected chi connectivity index (χ3v) is 7.81. The summed E-state index contributed by atoms with van der Waals surface area (Å²) in [5.41, 5.74) is 2.78. The molecule has 1 aromatic carbocycles. The first kappa shape index (κ1) is 28.6. The lowest BCUT2D eigenvalue weighted by molar-refractivity contribution is -0.136. The van der Waals surface area contributed by atoms with Crippen molar-refractivity contribution in [2.45, 2.75) is 39.0 Å². The molecule has 0 radical (unpaired) electrons. The Balaban J connectivity index is 1.11. The van der Waals surface area contributed by atoms with Crippen LogP contribution in [0, 0.1) is 31.3 Å². The molecule has 2 aromatic heterocycles. The number of hydrazone groups is 1. The minimum Gasteiger partial charge on any atom is -0.483 e. The number of carbonyl (C=O) groups excluding carboxylic acids is 2. The summed E-state index contributed by atoms with van der Waals surface area (Å²) in [6.45, 7) is 6.12. The zero-order valence-electron chi connectivity index (χ0n) is 23.7. The molecule has 1 atom stereocenters. The second kappa shape index (κ2) is 11.7. The van der Waals surface area contributed by atoms with Crippen molar-refractivity contribution in [2.75, 3.05) is 39.4 Å². The molecule has 0 bridgehead atoms. The van der Waals surface area contributed by atoms with Gasteiger partial charge in [0.2, 0.25) is 5.91 Å². The van der Waals surface area contributed by atoms with Crippen LogP contribution in [0.5, 0.6) is 5.75 Å². The number of carbonyl (C=O) groups is 2. The van der Waals surface area contributed by atoms with Crippen molar-refractivity contribution in [1.29, 1.82) is 0 Å². The number of likely N-dealkylation sites (tertiary alicyclic amines) is 1. The number of pyridine rings is 1. The second-order valence-corrected chi connectivity index (χ2v) is 10.7. The second-order valence-electron chi connectivity index (χ2n) is 10.7. The predicted octanol–water partition coefficient (Wildman–Crippen LogP) is 3.45. The van der Waals surface area contributed by atoms with Crippen LogP contribution in [0.15, 0.2) is 35.6 Å². The third-order valence-electron chi connectivity index (χ3n) is 7.81. The molecule has 2 fully saturated rings. The number of benzene rings is 1. The number of urea groups is 1. The molecular weight excluding hydrogens is 567 g/mol. The van der Waals surface area contributed by atoms with Crippen LogP contribution < -0.4 is 4.74 Å². The number of aromatic nitrogens is 3. The molecule has 6 rings (SSSR count). The van der Waals surface area contributed by atoms with Crippen molar-refractivity contribution in [3.63, 3.8) is 0 Å². The normalized spacial score (nSPS) is 18.7. The van der Waals surface area contributed by atoms with E-state index >= 15 is 0 Å². The Morgan fingerprint density at radius 1 is 1.02 bits per heavy atom. The van der Waals surface area contributed by atoms with Crippen LogP contribution in [0.3, 0.4) is 0 Å². The van der Waals surface area contributed by atoms with Crippen LogP contribution in [0.1, 0.15) is 29.4 Å². The van der Waals surface area contributed by atoms with Gasteiger partial charge in [0.05, 0.1) is 49.9 Å². The molecule has 3 aliphatic heterocycles. The lowest BCUT2D eigenvalue weighted by atomic mass is 10.0. The van der Waals surface area contributed by atoms with Gasteiger partial charge in [-0.1, -0.05) is 0 Å². The van der Waals surface area contributed by atoms with E-state index in [1.54, 1.807) is 16.5 Å². The highest BCUT2D eigenvalue weighted by atomic mass is 19.1. The third kappa shape index (κ3) is 5.78. The zero-order valence-corrected chi connectivity index (χ0v) is 23.7. The number of rotatable bonds is 6. The van der Waals surface area contributed by atoms with Gasteiger partial charge in [0.25, 0.3) is 0 Å². The summed E-state index contributed by atoms with van der Waals surface area (Å²) in [4.78, 5) is 33.3. The molecule has 0 spiro atoms. The van der Waals surface area contributed by atoms with E-state index in [9.17, 15) is 22.8 Å². The number of amides is 3. The lowest BCUT2D eigenvalue weighted by Gasteiger charge is -2.41. The Labute approximate surface area is 245 Å². The number of ether oxygens (including phenoxy) is 2. The Morgan fingerprint density at radius 3 is 2.47 bits per heavy atom. The van der Waals surface area contributed by atoms with E-state index in [2.05, 4.69) is 15.2 Å². The van der Waals surface area contributed by atoms with E-state index in [4.69, 9.17) is 9.47 Å². The number of aryl methyl sites for hydroxylation is 1. The summed E-state index contributed by atoms with van der Waals surface area (Å²) in [6.07, 6.45) is 2.44. The molecular formula is C29H30F3N7O4. The maximum atomic E-state index is 14.8. The topological polar surface area (TPSA) is 105 Å². The van der Waals surface area contributed by atoms with E-state index in [1.165, 1.54) is 34.3 Å². The summed E-state index contributed by atoms with van der Waals surface area (Å²) in [5.74, 6) is -2.20. The Hall–Kier alpha value is -4.46. The number of morpholine rings is 1. The van der Waals surface area contributed by atoms with Gasteiger partial charge in [-0.15, -0.1) is 0 Å². The van der Waals surface area contributed by atoms with E-state index in [1.807, 2.05) is 6.92 Å². The van der Waals surface area contributed by atoms with Gasteiger partial charge in [-0.25, -0.2) is 23.0 Å². The van der Waals surface area contributed by atoms with Gasteiger partial charge >= 0.3 is 6.03 Å². The minimum atomic E-state index is -0.732. The molecule has 0 aliphatic carbocycles. The highest BCUT2D eigenvalue weighted by molar-refractivity contribution is 5.79. The van der Waals surface area contributed by atoms with Crippen LogP contribution in [0.2, 0.25) is 0 Å². The van der Waals surface area contributed by atoms with Crippen LogP contribution >= 0.6 is 0 Å². The highest BCUT2D eigenvalue weighted by Gasteiger charge is 2.39. The average Bonchev–Trinajstić information content (AvgIpc) is 3.55. The van der Waals surface area contributed by atoms with E-state index in [-0.39, 0.29) is 31.3 Å². The zero-order chi connectivity index (χ0) is 30.2. The molecule has 2 saturated heterocycles. The molecule has 0 unspecified atom stereocenters. The van der Waals surface area contributed by atoms with E-state index < -0.39 is 35.6 Å². The minimum absolute atomic E-state index is 0.0228. The Kier molecular flexibility index (Phi) is 7.77. The SMILES string of the molecule is Cc1nn(CC(=O)N2CCOCC2)c(C)c1-c1cc(OC2CN(C(=O)N3N=CC[C@H]3c3cc(F)cc(F)c3)C2)c(F)cn1. The summed E-state index contributed by atoms with van der Waals surface area (Å²) in [5, 5.41) is 9.84. The van der Waals surface area contributed by atoms with Crippen molar-refractivity contribution in [1.82, 2.24) is 29.6 Å². The summed E-state index contributed by atoms with van der Waals surface area (Å²) in [6, 6.07) is 3.56. The van der Waals surface area contributed by atoms with Crippen LogP contribution in [-0.4, -0.2) is 93.2 Å². The molecule has 5 heterocycles. The molecule has 3 amide bonds. The Morgan fingerprint density at radius 2 is 1.74 bits per heavy atom. The standard InChI is InChI=1S/C29H30F3N7O4/c1-17-28(18(2)38(35-17)16-27(40)36-5-7-42-8-6-36)24-12-26(23(32)13-33-24)43-22-14-37(15-22)29(41)39-25(3-4-34-39)19-9-20(30)11-21(31)10-19/h4,9-13,22,25H,3,5-8,14-16H2,1-2H3/t25-/m0/s1. The largest absolute Gasteiger partial charge is 0.483 e. The van der Waals surface area contributed by atoms with Crippen LogP contribution in [-0.2, 0) is 16.1 Å². The fraction of sp³-hybridized carbons (Fsp3) is 0.414. The number of hydrogen-bond acceptors (Lipinski definition) is 7. The molecule has 3 aliphatic rings. The van der Waals surface area contributed by atoms with Crippen molar-refractivity contribution in [2.24, 2.45) is 5.10 Å². The van der Waals surface area contributed by atoms with E-state index in [0.717, 1.165) is 12.3 Å². The number of nitrogens with zero attached hydrogens (tertiary/aromatic N) is 7. The lowest BCUT2D eigenvalue weighted by Crippen LogP contribution is -2.58. The van der Waals surface area contributed by atoms with Crippen LogP contribution in [0.25, 0.3) is 11.3 Å². The maximum Gasteiger partial charge on any atom is 0.341 e. The first-order chi connectivity index (χ1) is 20.7. The molecule has 3 aromatic rings. The maximum absolute atomic E-state index is 14.8. The van der Waals surface area contributed by atoms with Gasteiger partial charge in [-0.05, 0) is 31.5 Å². The average molecular weight is 598 g/mol. The first-order valence-corrected chi connectivity index (χ1v) is 14.0. The van der Waals surface area contributed by atoms with Gasteiger partial charge in [-0.2, -0.15) is 10.2 Å². The van der Waals surface area contributed by atoms with Gasteiger partial charge in [0, 0.05) is 49.1 Å². The fourth-order valence-corrected chi connectivity index (χ4v) is 5.55. The molecule has 11 nitrogen and oxygen atoms in total. The summed E-state index contributed by atoms with van der Waals surface area (Å²) >= 11 is 0. The monoisotopic (exact) mass is 597 g/mol. The molecule has 0 saturated carbocycles. The van der Waals surface area contributed by atoms with Gasteiger partial charge < -0.3 is 19.3 Å². The van der Waals surface area contributed by atoms with Gasteiger partial charge in [0.15, 0.2) is 11.6 Å². The molecule has 14 heteroatoms. The number of hydrogen-bond donors (Lipinski definition) is 0. The van der Waals surface area contributed by atoms with E-state index in [0.29, 0.717) is 60.9 Å². The highest BCUT2D eigenvalue weighted by Crippen LogP contribution is 2.33. The smallest absolute Gasteiger partial charge is 0.341 e. The van der Waals surface area contributed by atoms with Gasteiger partial charge in [0.1, 0.15) is 24.3 Å². The first-order valence-electron chi connectivity index (χ1n) is 14.0. The van der Waals surface area contributed by atoms with Crippen molar-refractivity contribution in [3.05, 3.63) is 64.9 Å². The summed E-state index contributed by atoms with van der Waals surface area (Å²) in [7, 11) is 0.